The monoisotopic (exact) mass is 236 g/mol. The molecule has 0 amide bonds. The number of halogens is 1. The van der Waals surface area contributed by atoms with Gasteiger partial charge in [0.2, 0.25) is 0 Å². The zero-order chi connectivity index (χ0) is 11.7. The van der Waals surface area contributed by atoms with Crippen molar-refractivity contribution in [2.75, 3.05) is 0 Å². The van der Waals surface area contributed by atoms with Crippen LogP contribution in [0.2, 0.25) is 0 Å². The smallest absolute Gasteiger partial charge is 0.109 e. The van der Waals surface area contributed by atoms with Crippen LogP contribution in [-0.2, 0) is 19.3 Å². The van der Waals surface area contributed by atoms with Crippen LogP contribution in [0.25, 0.3) is 11.0 Å². The minimum absolute atomic E-state index is 0.548. The fourth-order valence-corrected chi connectivity index (χ4v) is 2.09. The van der Waals surface area contributed by atoms with E-state index in [1.807, 2.05) is 0 Å². The van der Waals surface area contributed by atoms with Crippen LogP contribution in [0, 0.1) is 5.92 Å². The number of aryl methyl sites for hydroxylation is 1. The van der Waals surface area contributed by atoms with E-state index >= 15 is 0 Å². The van der Waals surface area contributed by atoms with Crippen LogP contribution in [0.4, 0.5) is 0 Å². The molecule has 0 fully saturated rings. The molecule has 2 rings (SSSR count). The Morgan fingerprint density at radius 1 is 1.38 bits per heavy atom. The van der Waals surface area contributed by atoms with E-state index in [-0.39, 0.29) is 0 Å². The number of hydrogen-bond donors (Lipinski definition) is 0. The van der Waals surface area contributed by atoms with Crippen molar-refractivity contribution in [3.05, 3.63) is 29.6 Å². The average Bonchev–Trinajstić information content (AvgIpc) is 2.54. The second-order valence-electron chi connectivity index (χ2n) is 4.64. The van der Waals surface area contributed by atoms with Gasteiger partial charge in [-0.1, -0.05) is 19.9 Å². The van der Waals surface area contributed by atoms with E-state index in [4.69, 9.17) is 11.6 Å². The number of alkyl halides is 1. The topological polar surface area (TPSA) is 17.8 Å². The summed E-state index contributed by atoms with van der Waals surface area (Å²) in [7, 11) is 2.08. The van der Waals surface area contributed by atoms with E-state index in [9.17, 15) is 0 Å². The standard InChI is InChI=1S/C13H17ClN2/c1-9(2)6-13-15-11-7-10(8-14)4-5-12(11)16(13)3/h4-5,7,9H,6,8H2,1-3H3. The minimum Gasteiger partial charge on any atom is -0.331 e. The molecule has 0 atom stereocenters. The lowest BCUT2D eigenvalue weighted by molar-refractivity contribution is 0.606. The molecule has 3 heteroatoms. The Bertz CT molecular complexity index is 500. The van der Waals surface area contributed by atoms with E-state index < -0.39 is 0 Å². The summed E-state index contributed by atoms with van der Waals surface area (Å²) in [5, 5.41) is 0. The second kappa shape index (κ2) is 4.46. The highest BCUT2D eigenvalue weighted by Gasteiger charge is 2.09. The zero-order valence-corrected chi connectivity index (χ0v) is 10.8. The van der Waals surface area contributed by atoms with Gasteiger partial charge in [0.25, 0.3) is 0 Å². The minimum atomic E-state index is 0.548. The van der Waals surface area contributed by atoms with Crippen LogP contribution in [0.5, 0.6) is 0 Å². The summed E-state index contributed by atoms with van der Waals surface area (Å²) in [6, 6.07) is 6.24. The normalized spacial score (nSPS) is 11.6. The zero-order valence-electron chi connectivity index (χ0n) is 10.00. The van der Waals surface area contributed by atoms with Gasteiger partial charge in [0.1, 0.15) is 5.82 Å². The molecule has 0 N–H and O–H groups in total. The van der Waals surface area contributed by atoms with E-state index in [1.165, 1.54) is 5.52 Å². The van der Waals surface area contributed by atoms with Gasteiger partial charge in [-0.05, 0) is 23.6 Å². The maximum atomic E-state index is 5.82. The van der Waals surface area contributed by atoms with E-state index in [0.29, 0.717) is 11.8 Å². The van der Waals surface area contributed by atoms with E-state index in [2.05, 4.69) is 48.6 Å². The molecule has 0 bridgehead atoms. The molecule has 0 spiro atoms. The quantitative estimate of drug-likeness (QED) is 0.746. The molecule has 1 aromatic heterocycles. The SMILES string of the molecule is CC(C)Cc1nc2cc(CCl)ccc2n1C. The van der Waals surface area contributed by atoms with Crippen LogP contribution in [0.1, 0.15) is 25.2 Å². The first kappa shape index (κ1) is 11.5. The van der Waals surface area contributed by atoms with Crippen molar-refractivity contribution in [3.8, 4) is 0 Å². The number of aromatic nitrogens is 2. The summed E-state index contributed by atoms with van der Waals surface area (Å²) in [4.78, 5) is 4.67. The first-order valence-corrected chi connectivity index (χ1v) is 6.15. The molecule has 0 aliphatic heterocycles. The largest absolute Gasteiger partial charge is 0.331 e. The molecule has 0 saturated carbocycles. The van der Waals surface area contributed by atoms with Crippen molar-refractivity contribution in [1.29, 1.82) is 0 Å². The Kier molecular flexibility index (Phi) is 3.20. The first-order chi connectivity index (χ1) is 7.61. The van der Waals surface area contributed by atoms with Gasteiger partial charge in [0.05, 0.1) is 11.0 Å². The van der Waals surface area contributed by atoms with Crippen LogP contribution in [-0.4, -0.2) is 9.55 Å². The lowest BCUT2D eigenvalue weighted by Gasteiger charge is -2.04. The summed E-state index contributed by atoms with van der Waals surface area (Å²) in [6.45, 7) is 4.42. The molecule has 86 valence electrons. The first-order valence-electron chi connectivity index (χ1n) is 5.62. The number of benzene rings is 1. The molecule has 1 heterocycles. The van der Waals surface area contributed by atoms with Gasteiger partial charge in [-0.2, -0.15) is 0 Å². The van der Waals surface area contributed by atoms with Crippen molar-refractivity contribution < 1.29 is 0 Å². The molecule has 2 nitrogen and oxygen atoms in total. The highest BCUT2D eigenvalue weighted by atomic mass is 35.5. The Labute approximate surface area is 101 Å². The van der Waals surface area contributed by atoms with Gasteiger partial charge in [0, 0.05) is 19.3 Å². The van der Waals surface area contributed by atoms with Gasteiger partial charge in [-0.3, -0.25) is 0 Å². The lowest BCUT2D eigenvalue weighted by Crippen LogP contribution is -2.02. The third-order valence-corrected chi connectivity index (χ3v) is 3.09. The van der Waals surface area contributed by atoms with E-state index in [1.54, 1.807) is 0 Å². The van der Waals surface area contributed by atoms with Gasteiger partial charge >= 0.3 is 0 Å². The van der Waals surface area contributed by atoms with Crippen LogP contribution < -0.4 is 0 Å². The number of fused-ring (bicyclic) bond motifs is 1. The van der Waals surface area contributed by atoms with Crippen molar-refractivity contribution in [1.82, 2.24) is 9.55 Å². The fraction of sp³-hybridized carbons (Fsp3) is 0.462. The third-order valence-electron chi connectivity index (χ3n) is 2.78. The fourth-order valence-electron chi connectivity index (χ4n) is 1.93. The molecular formula is C13H17ClN2. The van der Waals surface area contributed by atoms with Crippen LogP contribution >= 0.6 is 11.6 Å². The highest BCUT2D eigenvalue weighted by molar-refractivity contribution is 6.17. The number of rotatable bonds is 3. The number of hydrogen-bond acceptors (Lipinski definition) is 1. The molecule has 0 saturated heterocycles. The predicted molar refractivity (Wildman–Crippen MR) is 68.8 cm³/mol. The van der Waals surface area contributed by atoms with Gasteiger partial charge in [-0.25, -0.2) is 4.98 Å². The van der Waals surface area contributed by atoms with Crippen LogP contribution in [0.15, 0.2) is 18.2 Å². The Hall–Kier alpha value is -1.02. The van der Waals surface area contributed by atoms with Crippen molar-refractivity contribution in [2.24, 2.45) is 13.0 Å². The molecule has 0 aliphatic carbocycles. The Morgan fingerprint density at radius 3 is 2.75 bits per heavy atom. The molecule has 2 aromatic rings. The molecule has 0 unspecified atom stereocenters. The van der Waals surface area contributed by atoms with Crippen molar-refractivity contribution >= 4 is 22.6 Å². The second-order valence-corrected chi connectivity index (χ2v) is 4.91. The van der Waals surface area contributed by atoms with Crippen molar-refractivity contribution in [2.45, 2.75) is 26.1 Å². The van der Waals surface area contributed by atoms with Gasteiger partial charge in [0.15, 0.2) is 0 Å². The maximum absolute atomic E-state index is 5.82. The molecule has 16 heavy (non-hydrogen) atoms. The predicted octanol–water partition coefficient (Wildman–Crippen LogP) is 3.51. The lowest BCUT2D eigenvalue weighted by atomic mass is 10.1. The molecular weight excluding hydrogens is 220 g/mol. The Balaban J connectivity index is 2.50. The maximum Gasteiger partial charge on any atom is 0.109 e. The van der Waals surface area contributed by atoms with Gasteiger partial charge < -0.3 is 4.57 Å². The van der Waals surface area contributed by atoms with Crippen LogP contribution in [0.3, 0.4) is 0 Å². The summed E-state index contributed by atoms with van der Waals surface area (Å²) in [5.74, 6) is 2.33. The summed E-state index contributed by atoms with van der Waals surface area (Å²) >= 11 is 5.82. The summed E-state index contributed by atoms with van der Waals surface area (Å²) in [6.07, 6.45) is 1.02. The average molecular weight is 237 g/mol. The Morgan fingerprint density at radius 2 is 2.12 bits per heavy atom. The summed E-state index contributed by atoms with van der Waals surface area (Å²) in [5.41, 5.74) is 3.36. The molecule has 0 radical (unpaired) electrons. The van der Waals surface area contributed by atoms with Crippen molar-refractivity contribution in [3.63, 3.8) is 0 Å². The van der Waals surface area contributed by atoms with Gasteiger partial charge in [-0.15, -0.1) is 11.6 Å². The summed E-state index contributed by atoms with van der Waals surface area (Å²) < 4.78 is 2.17. The number of nitrogens with zero attached hydrogens (tertiary/aromatic N) is 2. The van der Waals surface area contributed by atoms with E-state index in [0.717, 1.165) is 23.3 Å². The highest BCUT2D eigenvalue weighted by Crippen LogP contribution is 2.19. The third kappa shape index (κ3) is 2.07. The molecule has 1 aromatic carbocycles. The molecule has 0 aliphatic rings. The number of imidazole rings is 1.